The molecule has 11 heteroatoms. The van der Waals surface area contributed by atoms with E-state index >= 15 is 0 Å². The number of benzene rings is 1. The van der Waals surface area contributed by atoms with Crippen molar-refractivity contribution in [1.82, 2.24) is 9.97 Å². The Bertz CT molecular complexity index is 1360. The number of H-pyrrole nitrogens is 1. The fraction of sp³-hybridized carbons (Fsp3) is 0.400. The zero-order valence-electron chi connectivity index (χ0n) is 23.4. The maximum absolute atomic E-state index is 13.3. The largest absolute Gasteiger partial charge is 0.493 e. The van der Waals surface area contributed by atoms with Crippen molar-refractivity contribution in [1.29, 1.82) is 5.41 Å². The van der Waals surface area contributed by atoms with Gasteiger partial charge in [-0.3, -0.25) is 24.9 Å². The molecule has 1 aliphatic carbocycles. The van der Waals surface area contributed by atoms with Crippen molar-refractivity contribution >= 4 is 35.5 Å². The van der Waals surface area contributed by atoms with Crippen molar-refractivity contribution in [2.75, 3.05) is 25.2 Å². The minimum absolute atomic E-state index is 0.0197. The van der Waals surface area contributed by atoms with Gasteiger partial charge in [-0.05, 0) is 67.3 Å². The number of nitrogens with zero attached hydrogens (tertiary/aromatic N) is 2. The average molecular weight is 582 g/mol. The van der Waals surface area contributed by atoms with Crippen LogP contribution in [0.3, 0.4) is 0 Å². The van der Waals surface area contributed by atoms with E-state index < -0.39 is 11.9 Å². The highest BCUT2D eigenvalue weighted by Crippen LogP contribution is 2.40. The van der Waals surface area contributed by atoms with E-state index in [2.05, 4.69) is 9.97 Å². The summed E-state index contributed by atoms with van der Waals surface area (Å²) in [5.74, 6) is 0.924. The summed E-state index contributed by atoms with van der Waals surface area (Å²) in [7, 11) is 1.52. The van der Waals surface area contributed by atoms with Gasteiger partial charge in [0, 0.05) is 24.0 Å². The number of carbonyl (C=O) groups is 2. The van der Waals surface area contributed by atoms with Gasteiger partial charge in [0.1, 0.15) is 11.7 Å². The second-order valence-electron chi connectivity index (χ2n) is 10.4. The lowest BCUT2D eigenvalue weighted by atomic mass is 10.0. The molecule has 1 saturated carbocycles. The van der Waals surface area contributed by atoms with Crippen molar-refractivity contribution in [3.8, 4) is 22.8 Å². The van der Waals surface area contributed by atoms with Crippen molar-refractivity contribution < 1.29 is 23.8 Å². The van der Waals surface area contributed by atoms with Crippen LogP contribution in [0.5, 0.6) is 11.5 Å². The lowest BCUT2D eigenvalue weighted by Crippen LogP contribution is -2.37. The number of methoxy groups -OCH3 is 1. The van der Waals surface area contributed by atoms with Crippen LogP contribution in [0.1, 0.15) is 43.6 Å². The van der Waals surface area contributed by atoms with Crippen molar-refractivity contribution in [2.45, 2.75) is 39.2 Å². The molecule has 0 radical (unpaired) electrons. The van der Waals surface area contributed by atoms with E-state index in [0.29, 0.717) is 59.1 Å². The molecule has 0 aliphatic heterocycles. The molecule has 41 heavy (non-hydrogen) atoms. The standard InChI is InChI=1S/C30H36ClN5O5/c1-18(2)28(33)30(38)40-11-10-20(19-4-5-19)16-41-26-9-7-23(13-27(26)39-3)36(17-32)29(37)25-12-21(14-34-25)24-8-6-22(31)15-35-24/h6-9,12-15,17-20,28,32,34H,4-5,10-11,16,33H2,1-3H3/t20?,28-/m0/s1. The second kappa shape index (κ2) is 13.6. The lowest BCUT2D eigenvalue weighted by molar-refractivity contribution is -0.146. The molecule has 1 aliphatic rings. The highest BCUT2D eigenvalue weighted by molar-refractivity contribution is 6.30. The quantitative estimate of drug-likeness (QED) is 0.133. The highest BCUT2D eigenvalue weighted by atomic mass is 35.5. The molecule has 1 fully saturated rings. The maximum atomic E-state index is 13.3. The number of hydrogen-bond acceptors (Lipinski definition) is 8. The first-order valence-electron chi connectivity index (χ1n) is 13.6. The summed E-state index contributed by atoms with van der Waals surface area (Å²) in [4.78, 5) is 33.8. The van der Waals surface area contributed by atoms with Crippen molar-refractivity contribution in [2.24, 2.45) is 23.5 Å². The van der Waals surface area contributed by atoms with Crippen LogP contribution >= 0.6 is 11.6 Å². The van der Waals surface area contributed by atoms with Gasteiger partial charge < -0.3 is 24.9 Å². The average Bonchev–Trinajstić information content (AvgIpc) is 3.70. The SMILES string of the molecule is COc1cc(N(C=N)C(=O)c2cc(-c3ccc(Cl)cn3)c[nH]2)ccc1OCC(CCOC(=O)[C@@H](N)C(C)C)C1CC1. The predicted octanol–water partition coefficient (Wildman–Crippen LogP) is 5.31. The second-order valence-corrected chi connectivity index (χ2v) is 10.9. The number of halogens is 1. The molecule has 3 aromatic rings. The Hall–Kier alpha value is -3.89. The molecule has 10 nitrogen and oxygen atoms in total. The number of amides is 1. The predicted molar refractivity (Wildman–Crippen MR) is 158 cm³/mol. The summed E-state index contributed by atoms with van der Waals surface area (Å²) in [5, 5.41) is 8.43. The van der Waals surface area contributed by atoms with Crippen LogP contribution in [0.25, 0.3) is 11.3 Å². The van der Waals surface area contributed by atoms with Crippen LogP contribution in [0.2, 0.25) is 5.02 Å². The molecule has 0 saturated heterocycles. The molecule has 1 unspecified atom stereocenters. The van der Waals surface area contributed by atoms with E-state index in [1.807, 2.05) is 13.8 Å². The number of aromatic nitrogens is 2. The number of nitrogens with one attached hydrogen (secondary N) is 2. The van der Waals surface area contributed by atoms with Crippen LogP contribution in [0, 0.1) is 23.2 Å². The maximum Gasteiger partial charge on any atom is 0.323 e. The molecule has 4 rings (SSSR count). The summed E-state index contributed by atoms with van der Waals surface area (Å²) in [6, 6.07) is 9.62. The van der Waals surface area contributed by atoms with E-state index in [4.69, 9.17) is 37.0 Å². The minimum Gasteiger partial charge on any atom is -0.493 e. The number of anilines is 1. The van der Waals surface area contributed by atoms with Gasteiger partial charge in [0.2, 0.25) is 0 Å². The molecule has 2 atom stereocenters. The Morgan fingerprint density at radius 3 is 2.63 bits per heavy atom. The van der Waals surface area contributed by atoms with Crippen molar-refractivity contribution in [3.05, 3.63) is 59.5 Å². The fourth-order valence-electron chi connectivity index (χ4n) is 4.42. The molecule has 1 aromatic carbocycles. The Kier molecular flexibility index (Phi) is 10.0. The topological polar surface area (TPSA) is 144 Å². The summed E-state index contributed by atoms with van der Waals surface area (Å²) >= 11 is 5.92. The molecule has 218 valence electrons. The first kappa shape index (κ1) is 30.1. The molecule has 2 heterocycles. The van der Waals surface area contributed by atoms with E-state index in [1.54, 1.807) is 42.6 Å². The molecular weight excluding hydrogens is 546 g/mol. The smallest absolute Gasteiger partial charge is 0.323 e. The van der Waals surface area contributed by atoms with E-state index in [1.165, 1.54) is 18.2 Å². The fourth-order valence-corrected chi connectivity index (χ4v) is 4.53. The molecule has 0 spiro atoms. The zero-order valence-corrected chi connectivity index (χ0v) is 24.2. The number of nitrogens with two attached hydrogens (primary N) is 1. The van der Waals surface area contributed by atoms with Crippen LogP contribution in [-0.4, -0.2) is 54.5 Å². The summed E-state index contributed by atoms with van der Waals surface area (Å²) < 4.78 is 17.1. The molecule has 1 amide bonds. The van der Waals surface area contributed by atoms with Gasteiger partial charge >= 0.3 is 5.97 Å². The highest BCUT2D eigenvalue weighted by Gasteiger charge is 2.32. The normalized spacial score (nSPS) is 14.3. The minimum atomic E-state index is -0.625. The van der Waals surface area contributed by atoms with Gasteiger partial charge in [0.15, 0.2) is 11.5 Å². The summed E-state index contributed by atoms with van der Waals surface area (Å²) in [6.45, 7) is 4.51. The van der Waals surface area contributed by atoms with E-state index in [-0.39, 0.29) is 17.8 Å². The number of pyridine rings is 1. The summed E-state index contributed by atoms with van der Waals surface area (Å²) in [6.07, 6.45) is 7.09. The Morgan fingerprint density at radius 1 is 1.22 bits per heavy atom. The monoisotopic (exact) mass is 581 g/mol. The third kappa shape index (κ3) is 7.65. The Morgan fingerprint density at radius 2 is 2.00 bits per heavy atom. The van der Waals surface area contributed by atoms with Gasteiger partial charge in [-0.25, -0.2) is 0 Å². The van der Waals surface area contributed by atoms with Gasteiger partial charge in [-0.15, -0.1) is 0 Å². The van der Waals surface area contributed by atoms with Gasteiger partial charge in [0.25, 0.3) is 5.91 Å². The van der Waals surface area contributed by atoms with E-state index in [0.717, 1.165) is 24.7 Å². The van der Waals surface area contributed by atoms with Crippen LogP contribution in [0.4, 0.5) is 5.69 Å². The number of aromatic amines is 1. The zero-order chi connectivity index (χ0) is 29.5. The Labute approximate surface area is 244 Å². The first-order valence-corrected chi connectivity index (χ1v) is 14.0. The molecular formula is C30H36ClN5O5. The van der Waals surface area contributed by atoms with Gasteiger partial charge in [-0.2, -0.15) is 0 Å². The van der Waals surface area contributed by atoms with E-state index in [9.17, 15) is 9.59 Å². The lowest BCUT2D eigenvalue weighted by Gasteiger charge is -2.21. The van der Waals surface area contributed by atoms with Gasteiger partial charge in [0.05, 0.1) is 43.1 Å². The van der Waals surface area contributed by atoms with Gasteiger partial charge in [-0.1, -0.05) is 25.4 Å². The van der Waals surface area contributed by atoms with Crippen LogP contribution in [-0.2, 0) is 9.53 Å². The third-order valence-electron chi connectivity index (χ3n) is 7.17. The van der Waals surface area contributed by atoms with Crippen LogP contribution in [0.15, 0.2) is 48.8 Å². The number of ether oxygens (including phenoxy) is 3. The Balaban J connectivity index is 1.40. The number of rotatable bonds is 14. The molecule has 2 aromatic heterocycles. The van der Waals surface area contributed by atoms with Crippen LogP contribution < -0.4 is 20.1 Å². The summed E-state index contributed by atoms with van der Waals surface area (Å²) in [5.41, 5.74) is 8.00. The molecule has 0 bridgehead atoms. The first-order chi connectivity index (χ1) is 19.7. The number of hydrogen-bond donors (Lipinski definition) is 3. The number of carbonyl (C=O) groups excluding carboxylic acids is 2. The third-order valence-corrected chi connectivity index (χ3v) is 7.40. The molecule has 4 N–H and O–H groups in total. The number of esters is 1. The van der Waals surface area contributed by atoms with Crippen molar-refractivity contribution in [3.63, 3.8) is 0 Å².